The smallest absolute Gasteiger partial charge is 0.189 e. The summed E-state index contributed by atoms with van der Waals surface area (Å²) in [7, 11) is 0. The highest BCUT2D eigenvalue weighted by Gasteiger charge is 2.30. The molecule has 2 aromatic carbocycles. The lowest BCUT2D eigenvalue weighted by atomic mass is 9.76. The van der Waals surface area contributed by atoms with Crippen LogP contribution in [0.5, 0.6) is 0 Å². The van der Waals surface area contributed by atoms with Crippen LogP contribution in [0.4, 0.5) is 0 Å². The summed E-state index contributed by atoms with van der Waals surface area (Å²) in [6.07, 6.45) is 4.07. The fourth-order valence-corrected chi connectivity index (χ4v) is 4.04. The van der Waals surface area contributed by atoms with E-state index in [4.69, 9.17) is 0 Å². The molecular formula is C26H24O2. The van der Waals surface area contributed by atoms with Crippen LogP contribution in [0.25, 0.3) is 11.1 Å². The molecule has 2 nitrogen and oxygen atoms in total. The van der Waals surface area contributed by atoms with E-state index in [1.807, 2.05) is 88.4 Å². The quantitative estimate of drug-likeness (QED) is 0.636. The summed E-state index contributed by atoms with van der Waals surface area (Å²) < 4.78 is 0. The molecule has 0 bridgehead atoms. The molecule has 0 radical (unpaired) electrons. The van der Waals surface area contributed by atoms with E-state index in [1.165, 1.54) is 0 Å². The van der Waals surface area contributed by atoms with E-state index in [0.717, 1.165) is 44.5 Å². The zero-order valence-corrected chi connectivity index (χ0v) is 16.7. The van der Waals surface area contributed by atoms with Crippen LogP contribution in [0, 0.1) is 11.8 Å². The molecule has 0 N–H and O–H groups in total. The van der Waals surface area contributed by atoms with Crippen molar-refractivity contribution in [3.63, 3.8) is 0 Å². The molecule has 0 unspecified atom stereocenters. The van der Waals surface area contributed by atoms with Gasteiger partial charge in [-0.1, -0.05) is 76.2 Å². The highest BCUT2D eigenvalue weighted by atomic mass is 16.1. The van der Waals surface area contributed by atoms with Gasteiger partial charge >= 0.3 is 0 Å². The van der Waals surface area contributed by atoms with Crippen molar-refractivity contribution in [2.75, 3.05) is 0 Å². The Hall–Kier alpha value is -3.00. The number of Topliss-reactive ketones (excluding diaryl/α,β-unsaturated/α-hetero) is 2. The first kappa shape index (κ1) is 18.4. The third kappa shape index (κ3) is 2.80. The standard InChI is InChI=1S/C26H24O2/c1-15(2)21-13-23(17-9-5-7-11-19(17)25(21)27)24-14-22(16(3)4)26(28)20-12-8-6-10-18(20)24/h5-16H,1-4H3/b24-23+. The number of carbonyl (C=O) groups excluding carboxylic acids is 2. The van der Waals surface area contributed by atoms with E-state index in [9.17, 15) is 9.59 Å². The predicted octanol–water partition coefficient (Wildman–Crippen LogP) is 6.15. The van der Waals surface area contributed by atoms with Crippen molar-refractivity contribution in [1.29, 1.82) is 0 Å². The Morgan fingerprint density at radius 3 is 1.18 bits per heavy atom. The molecule has 4 rings (SSSR count). The van der Waals surface area contributed by atoms with E-state index >= 15 is 0 Å². The average molecular weight is 368 g/mol. The minimum absolute atomic E-state index is 0.100. The van der Waals surface area contributed by atoms with Crippen molar-refractivity contribution in [2.45, 2.75) is 27.7 Å². The summed E-state index contributed by atoms with van der Waals surface area (Å²) in [5.41, 5.74) is 7.04. The zero-order chi connectivity index (χ0) is 20.0. The summed E-state index contributed by atoms with van der Waals surface area (Å²) in [5.74, 6) is 0.460. The maximum Gasteiger partial charge on any atom is 0.189 e. The molecule has 2 aromatic rings. The van der Waals surface area contributed by atoms with Gasteiger partial charge in [-0.15, -0.1) is 0 Å². The summed E-state index contributed by atoms with van der Waals surface area (Å²) >= 11 is 0. The Morgan fingerprint density at radius 1 is 0.536 bits per heavy atom. The number of ketones is 2. The number of allylic oxidation sites excluding steroid dienone is 6. The molecule has 0 atom stereocenters. The second-order valence-corrected chi connectivity index (χ2v) is 8.09. The first-order valence-electron chi connectivity index (χ1n) is 9.85. The van der Waals surface area contributed by atoms with Gasteiger partial charge < -0.3 is 0 Å². The third-order valence-corrected chi connectivity index (χ3v) is 5.58. The predicted molar refractivity (Wildman–Crippen MR) is 114 cm³/mol. The average Bonchev–Trinajstić information content (AvgIpc) is 2.69. The first-order chi connectivity index (χ1) is 13.4. The number of hydrogen-bond acceptors (Lipinski definition) is 2. The Balaban J connectivity index is 2.10. The van der Waals surface area contributed by atoms with Crippen molar-refractivity contribution in [1.82, 2.24) is 0 Å². The summed E-state index contributed by atoms with van der Waals surface area (Å²) in [6, 6.07) is 15.6. The Kier molecular flexibility index (Phi) is 4.50. The van der Waals surface area contributed by atoms with Crippen LogP contribution in [-0.2, 0) is 0 Å². The molecule has 140 valence electrons. The number of fused-ring (bicyclic) bond motifs is 2. The molecule has 2 aliphatic carbocycles. The summed E-state index contributed by atoms with van der Waals surface area (Å²) in [4.78, 5) is 26.0. The van der Waals surface area contributed by atoms with Crippen LogP contribution >= 0.6 is 0 Å². The molecule has 0 fully saturated rings. The zero-order valence-electron chi connectivity index (χ0n) is 16.7. The first-order valence-corrected chi connectivity index (χ1v) is 9.85. The van der Waals surface area contributed by atoms with Gasteiger partial charge in [0.05, 0.1) is 0 Å². The van der Waals surface area contributed by atoms with Crippen LogP contribution in [0.15, 0.2) is 71.8 Å². The van der Waals surface area contributed by atoms with Gasteiger partial charge in [-0.3, -0.25) is 9.59 Å². The van der Waals surface area contributed by atoms with Gasteiger partial charge in [-0.05, 0) is 46.3 Å². The van der Waals surface area contributed by atoms with Gasteiger partial charge in [0.25, 0.3) is 0 Å². The highest BCUT2D eigenvalue weighted by molar-refractivity contribution is 6.23. The van der Waals surface area contributed by atoms with Crippen molar-refractivity contribution in [3.8, 4) is 0 Å². The van der Waals surface area contributed by atoms with Crippen molar-refractivity contribution in [3.05, 3.63) is 94.1 Å². The molecule has 0 aromatic heterocycles. The van der Waals surface area contributed by atoms with E-state index in [2.05, 4.69) is 0 Å². The molecule has 0 saturated carbocycles. The van der Waals surface area contributed by atoms with Gasteiger partial charge in [0.2, 0.25) is 0 Å². The van der Waals surface area contributed by atoms with Crippen LogP contribution < -0.4 is 0 Å². The molecule has 28 heavy (non-hydrogen) atoms. The normalized spacial score (nSPS) is 18.8. The topological polar surface area (TPSA) is 34.1 Å². The Bertz CT molecular complexity index is 1000. The summed E-state index contributed by atoms with van der Waals surface area (Å²) in [5, 5.41) is 0. The molecule has 0 heterocycles. The molecule has 0 spiro atoms. The molecule has 2 heteroatoms. The van der Waals surface area contributed by atoms with E-state index in [0.29, 0.717) is 0 Å². The van der Waals surface area contributed by atoms with Crippen molar-refractivity contribution in [2.24, 2.45) is 11.8 Å². The van der Waals surface area contributed by atoms with Gasteiger partial charge in [-0.25, -0.2) is 0 Å². The molecular weight excluding hydrogens is 344 g/mol. The van der Waals surface area contributed by atoms with E-state index in [1.54, 1.807) is 0 Å². The number of carbonyl (C=O) groups is 2. The minimum Gasteiger partial charge on any atom is -0.289 e. The molecule has 0 saturated heterocycles. The fraction of sp³-hybridized carbons (Fsp3) is 0.231. The van der Waals surface area contributed by atoms with Gasteiger partial charge in [0, 0.05) is 22.3 Å². The summed E-state index contributed by atoms with van der Waals surface area (Å²) in [6.45, 7) is 8.20. The van der Waals surface area contributed by atoms with Crippen LogP contribution in [0.1, 0.15) is 59.5 Å². The van der Waals surface area contributed by atoms with E-state index in [-0.39, 0.29) is 23.4 Å². The molecule has 2 aliphatic rings. The van der Waals surface area contributed by atoms with Gasteiger partial charge in [0.1, 0.15) is 0 Å². The largest absolute Gasteiger partial charge is 0.289 e. The van der Waals surface area contributed by atoms with Crippen LogP contribution in [0.2, 0.25) is 0 Å². The second-order valence-electron chi connectivity index (χ2n) is 8.09. The van der Waals surface area contributed by atoms with E-state index < -0.39 is 0 Å². The monoisotopic (exact) mass is 368 g/mol. The fourth-order valence-electron chi connectivity index (χ4n) is 4.04. The number of rotatable bonds is 2. The minimum atomic E-state index is 0.100. The lowest BCUT2D eigenvalue weighted by molar-refractivity contribution is 0.101. The second kappa shape index (κ2) is 6.87. The third-order valence-electron chi connectivity index (χ3n) is 5.58. The van der Waals surface area contributed by atoms with Gasteiger partial charge in [-0.2, -0.15) is 0 Å². The molecule has 0 aliphatic heterocycles. The molecule has 0 amide bonds. The SMILES string of the molecule is CC(C)C1=C/C(=C2/C=C(C(C)C)C(=O)c3ccccc32)c2ccccc2C1=O. The van der Waals surface area contributed by atoms with Crippen LogP contribution in [-0.4, -0.2) is 11.6 Å². The van der Waals surface area contributed by atoms with Crippen LogP contribution in [0.3, 0.4) is 0 Å². The highest BCUT2D eigenvalue weighted by Crippen LogP contribution is 2.41. The number of benzene rings is 2. The number of hydrogen-bond donors (Lipinski definition) is 0. The Labute approximate surface area is 166 Å². The Morgan fingerprint density at radius 2 is 0.857 bits per heavy atom. The lowest BCUT2D eigenvalue weighted by Gasteiger charge is -2.26. The lowest BCUT2D eigenvalue weighted by Crippen LogP contribution is -2.18. The maximum absolute atomic E-state index is 13.0. The maximum atomic E-state index is 13.0. The van der Waals surface area contributed by atoms with Crippen molar-refractivity contribution < 1.29 is 9.59 Å². The van der Waals surface area contributed by atoms with Crippen molar-refractivity contribution >= 4 is 22.7 Å². The van der Waals surface area contributed by atoms with Gasteiger partial charge in [0.15, 0.2) is 11.6 Å².